The molecule has 35 heavy (non-hydrogen) atoms. The Labute approximate surface area is 205 Å². The predicted octanol–water partition coefficient (Wildman–Crippen LogP) is 5.45. The van der Waals surface area contributed by atoms with Crippen LogP contribution in [0.15, 0.2) is 53.9 Å². The Bertz CT molecular complexity index is 1090. The van der Waals surface area contributed by atoms with Crippen LogP contribution in [-0.2, 0) is 9.59 Å². The van der Waals surface area contributed by atoms with Crippen molar-refractivity contribution in [2.45, 2.75) is 63.7 Å². The smallest absolute Gasteiger partial charge is 0.249 e. The summed E-state index contributed by atoms with van der Waals surface area (Å²) in [7, 11) is 1.63. The second-order valence-corrected chi connectivity index (χ2v) is 9.75. The van der Waals surface area contributed by atoms with E-state index in [1.807, 2.05) is 18.3 Å². The summed E-state index contributed by atoms with van der Waals surface area (Å²) in [5, 5.41) is 3.01. The van der Waals surface area contributed by atoms with E-state index in [9.17, 15) is 18.4 Å². The number of halogens is 2. The average Bonchev–Trinajstić information content (AvgIpc) is 2.87. The van der Waals surface area contributed by atoms with Gasteiger partial charge in [0, 0.05) is 55.0 Å². The first-order valence-corrected chi connectivity index (χ1v) is 12.5. The molecule has 1 aromatic carbocycles. The van der Waals surface area contributed by atoms with Crippen molar-refractivity contribution in [2.24, 2.45) is 5.92 Å². The largest absolute Gasteiger partial charge is 0.352 e. The van der Waals surface area contributed by atoms with E-state index in [1.54, 1.807) is 14.0 Å². The lowest BCUT2D eigenvalue weighted by molar-refractivity contribution is -0.129. The molecule has 2 heterocycles. The predicted molar refractivity (Wildman–Crippen MR) is 130 cm³/mol. The Morgan fingerprint density at radius 3 is 2.57 bits per heavy atom. The van der Waals surface area contributed by atoms with Crippen molar-refractivity contribution in [1.29, 1.82) is 0 Å². The Hall–Kier alpha value is -3.09. The topological polar surface area (TPSA) is 62.3 Å². The van der Waals surface area contributed by atoms with Crippen molar-refractivity contribution in [1.82, 2.24) is 15.2 Å². The highest BCUT2D eigenvalue weighted by Crippen LogP contribution is 2.38. The summed E-state index contributed by atoms with van der Waals surface area (Å²) in [4.78, 5) is 31.6. The van der Waals surface area contributed by atoms with Crippen LogP contribution in [0.1, 0.15) is 75.0 Å². The first kappa shape index (κ1) is 25.0. The number of aromatic nitrogens is 1. The van der Waals surface area contributed by atoms with Crippen molar-refractivity contribution in [2.75, 3.05) is 13.6 Å². The van der Waals surface area contributed by atoms with Gasteiger partial charge < -0.3 is 10.2 Å². The highest BCUT2D eigenvalue weighted by molar-refractivity contribution is 5.99. The van der Waals surface area contributed by atoms with Gasteiger partial charge >= 0.3 is 0 Å². The maximum absolute atomic E-state index is 13.9. The molecule has 1 aromatic heterocycles. The maximum atomic E-state index is 13.9. The van der Waals surface area contributed by atoms with E-state index in [0.717, 1.165) is 37.8 Å². The Morgan fingerprint density at radius 2 is 1.89 bits per heavy atom. The third-order valence-electron chi connectivity index (χ3n) is 7.61. The zero-order valence-corrected chi connectivity index (χ0v) is 20.4. The van der Waals surface area contributed by atoms with Gasteiger partial charge in [0.2, 0.25) is 11.8 Å². The highest BCUT2D eigenvalue weighted by atomic mass is 19.2. The van der Waals surface area contributed by atoms with Gasteiger partial charge in [-0.2, -0.15) is 0 Å². The molecule has 2 aromatic rings. The number of benzene rings is 1. The van der Waals surface area contributed by atoms with E-state index in [-0.39, 0.29) is 18.2 Å². The minimum Gasteiger partial charge on any atom is -0.352 e. The summed E-state index contributed by atoms with van der Waals surface area (Å²) in [5.41, 5.74) is 2.60. The molecule has 5 nitrogen and oxygen atoms in total. The molecule has 2 amide bonds. The van der Waals surface area contributed by atoms with Crippen molar-refractivity contribution < 1.29 is 18.4 Å². The van der Waals surface area contributed by atoms with E-state index in [4.69, 9.17) is 0 Å². The lowest BCUT2D eigenvalue weighted by Crippen LogP contribution is -2.39. The summed E-state index contributed by atoms with van der Waals surface area (Å²) < 4.78 is 27.3. The molecular formula is C28H33F2N3O2. The zero-order valence-electron chi connectivity index (χ0n) is 20.4. The van der Waals surface area contributed by atoms with Crippen molar-refractivity contribution in [3.8, 4) is 0 Å². The number of allylic oxidation sites excluding steroid dienone is 1. The summed E-state index contributed by atoms with van der Waals surface area (Å²) in [6, 6.07) is 9.68. The quantitative estimate of drug-likeness (QED) is 0.535. The molecule has 1 saturated carbocycles. The lowest BCUT2D eigenvalue weighted by atomic mass is 9.78. The van der Waals surface area contributed by atoms with Crippen molar-refractivity contribution in [3.05, 3.63) is 76.8 Å². The normalized spacial score (nSPS) is 22.9. The second kappa shape index (κ2) is 11.1. The number of nitrogens with one attached hydrogen (secondary N) is 1. The number of amides is 2. The van der Waals surface area contributed by atoms with E-state index in [0.29, 0.717) is 35.2 Å². The number of nitrogens with zero attached hydrogens (tertiary/aromatic N) is 2. The van der Waals surface area contributed by atoms with Gasteiger partial charge in [-0.05, 0) is 81.2 Å². The van der Waals surface area contributed by atoms with Gasteiger partial charge in [0.25, 0.3) is 0 Å². The number of hydrogen-bond donors (Lipinski definition) is 1. The van der Waals surface area contributed by atoms with Gasteiger partial charge in [-0.3, -0.25) is 14.6 Å². The van der Waals surface area contributed by atoms with E-state index in [2.05, 4.69) is 16.4 Å². The van der Waals surface area contributed by atoms with Crippen LogP contribution in [0.25, 0.3) is 0 Å². The fraction of sp³-hybridized carbons (Fsp3) is 0.464. The fourth-order valence-corrected chi connectivity index (χ4v) is 5.42. The van der Waals surface area contributed by atoms with Crippen LogP contribution in [0.5, 0.6) is 0 Å². The van der Waals surface area contributed by atoms with Gasteiger partial charge in [0.15, 0.2) is 11.6 Å². The van der Waals surface area contributed by atoms with Crippen molar-refractivity contribution >= 4 is 11.8 Å². The van der Waals surface area contributed by atoms with Gasteiger partial charge in [-0.1, -0.05) is 12.1 Å². The zero-order chi connectivity index (χ0) is 24.9. The molecule has 1 unspecified atom stereocenters. The Morgan fingerprint density at radius 1 is 1.11 bits per heavy atom. The summed E-state index contributed by atoms with van der Waals surface area (Å²) in [6.45, 7) is 2.26. The monoisotopic (exact) mass is 481 g/mol. The maximum Gasteiger partial charge on any atom is 0.249 e. The summed E-state index contributed by atoms with van der Waals surface area (Å²) in [5.74, 6) is -1.75. The third kappa shape index (κ3) is 5.77. The van der Waals surface area contributed by atoms with Crippen LogP contribution < -0.4 is 5.32 Å². The first-order chi connectivity index (χ1) is 16.8. The van der Waals surface area contributed by atoms with E-state index >= 15 is 0 Å². The third-order valence-corrected chi connectivity index (χ3v) is 7.61. The number of rotatable bonds is 7. The molecule has 4 rings (SSSR count). The molecule has 0 spiro atoms. The lowest BCUT2D eigenvalue weighted by Gasteiger charge is -2.32. The second-order valence-electron chi connectivity index (χ2n) is 9.75. The number of hydrogen-bond acceptors (Lipinski definition) is 3. The van der Waals surface area contributed by atoms with Crippen LogP contribution in [0, 0.1) is 17.6 Å². The van der Waals surface area contributed by atoms with Gasteiger partial charge in [0.05, 0.1) is 0 Å². The van der Waals surface area contributed by atoms with Gasteiger partial charge in [-0.25, -0.2) is 8.78 Å². The molecule has 0 saturated heterocycles. The van der Waals surface area contributed by atoms with Crippen LogP contribution in [0.2, 0.25) is 0 Å². The molecule has 1 aliphatic carbocycles. The molecule has 7 heteroatoms. The molecule has 1 aliphatic heterocycles. The van der Waals surface area contributed by atoms with E-state index < -0.39 is 17.6 Å². The highest BCUT2D eigenvalue weighted by Gasteiger charge is 2.35. The summed E-state index contributed by atoms with van der Waals surface area (Å²) >= 11 is 0. The minimum absolute atomic E-state index is 0.0428. The Balaban J connectivity index is 1.32. The number of carbonyl (C=O) groups is 2. The van der Waals surface area contributed by atoms with Crippen LogP contribution >= 0.6 is 0 Å². The van der Waals surface area contributed by atoms with Crippen molar-refractivity contribution in [3.63, 3.8) is 0 Å². The van der Waals surface area contributed by atoms with Gasteiger partial charge in [-0.15, -0.1) is 0 Å². The molecule has 1 atom stereocenters. The molecule has 0 bridgehead atoms. The first-order valence-electron chi connectivity index (χ1n) is 12.5. The number of pyridine rings is 1. The standard InChI is InChI=1S/C28H33F2N3O2/c1-18-27(22(17-26(34)33(18)2)21-12-13-23(29)24(30)16-21)28(35)32-15-5-6-19-8-10-20(11-9-19)25-7-3-4-14-31-25/h3-4,7,12-14,16,19-20,22H,5-6,8-11,15,17H2,1-2H3,(H,32,35). The SMILES string of the molecule is CC1=C(C(=O)NCCCC2CCC(c3ccccn3)CC2)C(c2ccc(F)c(F)c2)CC(=O)N1C. The van der Waals surface area contributed by atoms with Crippen LogP contribution in [0.4, 0.5) is 8.78 Å². The summed E-state index contributed by atoms with van der Waals surface area (Å²) in [6.07, 6.45) is 8.47. The fourth-order valence-electron chi connectivity index (χ4n) is 5.42. The van der Waals surface area contributed by atoms with E-state index in [1.165, 1.54) is 29.5 Å². The molecular weight excluding hydrogens is 448 g/mol. The molecule has 1 N–H and O–H groups in total. The molecule has 2 aliphatic rings. The molecule has 0 radical (unpaired) electrons. The average molecular weight is 482 g/mol. The number of carbonyl (C=O) groups excluding carboxylic acids is 2. The molecule has 186 valence electrons. The Kier molecular flexibility index (Phi) is 7.93. The minimum atomic E-state index is -0.982. The van der Waals surface area contributed by atoms with Crippen LogP contribution in [0.3, 0.4) is 0 Å². The van der Waals surface area contributed by atoms with Gasteiger partial charge in [0.1, 0.15) is 0 Å². The van der Waals surface area contributed by atoms with Crippen LogP contribution in [-0.4, -0.2) is 35.3 Å². The molecule has 1 fully saturated rings.